The minimum atomic E-state index is -0.693. The minimum Gasteiger partial charge on any atom is -0.420 e. The SMILES string of the molecule is Cc1[nH]nc2c1C(c1ccc([N+](=O)[O-])cc1)c1c([nH]c(=O)[nH]c1=O)O2. The van der Waals surface area contributed by atoms with E-state index in [0.717, 1.165) is 0 Å². The molecule has 126 valence electrons. The Morgan fingerprint density at radius 1 is 1.16 bits per heavy atom. The van der Waals surface area contributed by atoms with Crippen LogP contribution in [-0.2, 0) is 0 Å². The Morgan fingerprint density at radius 2 is 1.88 bits per heavy atom. The quantitative estimate of drug-likeness (QED) is 0.370. The van der Waals surface area contributed by atoms with Crippen molar-refractivity contribution in [3.63, 3.8) is 0 Å². The fraction of sp³-hybridized carbons (Fsp3) is 0.133. The van der Waals surface area contributed by atoms with Crippen molar-refractivity contribution in [3.8, 4) is 11.8 Å². The van der Waals surface area contributed by atoms with E-state index in [9.17, 15) is 19.7 Å². The second-order valence-electron chi connectivity index (χ2n) is 5.60. The third kappa shape index (κ3) is 2.23. The van der Waals surface area contributed by atoms with Crippen molar-refractivity contribution >= 4 is 5.69 Å². The number of hydrogen-bond acceptors (Lipinski definition) is 6. The summed E-state index contributed by atoms with van der Waals surface area (Å²) < 4.78 is 5.55. The first-order chi connectivity index (χ1) is 12.0. The molecule has 1 aromatic carbocycles. The molecule has 0 amide bonds. The standard InChI is InChI=1S/C15H11N5O5/c1-6-9-10(7-2-4-8(5-3-7)20(23)24)11-12(21)16-15(22)17-13(11)25-14(9)19-18-6/h2-5,10H,1H3,(H,18,19)(H2,16,17,21,22). The minimum absolute atomic E-state index is 0.0103. The number of ether oxygens (including phenoxy) is 1. The van der Waals surface area contributed by atoms with Crippen LogP contribution in [0.15, 0.2) is 33.9 Å². The largest absolute Gasteiger partial charge is 0.420 e. The molecule has 3 heterocycles. The molecule has 0 spiro atoms. The van der Waals surface area contributed by atoms with Crippen molar-refractivity contribution in [3.05, 3.63) is 77.6 Å². The van der Waals surface area contributed by atoms with Crippen molar-refractivity contribution in [1.82, 2.24) is 20.2 Å². The van der Waals surface area contributed by atoms with Crippen LogP contribution in [0.1, 0.15) is 28.3 Å². The van der Waals surface area contributed by atoms with Crippen LogP contribution in [0, 0.1) is 17.0 Å². The number of benzene rings is 1. The van der Waals surface area contributed by atoms with E-state index in [-0.39, 0.29) is 23.0 Å². The number of aromatic amines is 3. The number of aryl methyl sites for hydroxylation is 1. The zero-order valence-corrected chi connectivity index (χ0v) is 12.8. The maximum atomic E-state index is 12.4. The van der Waals surface area contributed by atoms with Gasteiger partial charge in [-0.1, -0.05) is 12.1 Å². The van der Waals surface area contributed by atoms with Crippen molar-refractivity contribution in [1.29, 1.82) is 0 Å². The number of fused-ring (bicyclic) bond motifs is 2. The molecule has 4 rings (SSSR count). The molecule has 1 aliphatic heterocycles. The third-order valence-corrected chi connectivity index (χ3v) is 4.12. The molecule has 0 aliphatic carbocycles. The van der Waals surface area contributed by atoms with Gasteiger partial charge >= 0.3 is 5.69 Å². The number of nitro groups is 1. The van der Waals surface area contributed by atoms with E-state index in [2.05, 4.69) is 20.2 Å². The Balaban J connectivity index is 1.98. The van der Waals surface area contributed by atoms with Gasteiger partial charge in [0.2, 0.25) is 11.8 Å². The molecule has 0 saturated heterocycles. The molecule has 10 heteroatoms. The van der Waals surface area contributed by atoms with E-state index in [4.69, 9.17) is 4.74 Å². The number of nitro benzene ring substituents is 1. The number of H-pyrrole nitrogens is 3. The topological polar surface area (TPSA) is 147 Å². The van der Waals surface area contributed by atoms with Crippen LogP contribution in [0.25, 0.3) is 0 Å². The predicted octanol–water partition coefficient (Wildman–Crippen LogP) is 1.29. The van der Waals surface area contributed by atoms with Gasteiger partial charge in [0.05, 0.1) is 16.4 Å². The molecule has 2 aromatic heterocycles. The number of non-ortho nitro benzene ring substituents is 1. The van der Waals surface area contributed by atoms with E-state index >= 15 is 0 Å². The Kier molecular flexibility index (Phi) is 3.07. The van der Waals surface area contributed by atoms with E-state index in [0.29, 0.717) is 16.8 Å². The van der Waals surface area contributed by atoms with Crippen LogP contribution in [0.5, 0.6) is 11.8 Å². The second kappa shape index (κ2) is 5.16. The van der Waals surface area contributed by atoms with Gasteiger partial charge in [-0.15, -0.1) is 5.10 Å². The van der Waals surface area contributed by atoms with Gasteiger partial charge in [0, 0.05) is 23.4 Å². The molecule has 3 aromatic rings. The van der Waals surface area contributed by atoms with Crippen molar-refractivity contribution in [2.75, 3.05) is 0 Å². The summed E-state index contributed by atoms with van der Waals surface area (Å²) in [5.41, 5.74) is 0.836. The van der Waals surface area contributed by atoms with Crippen LogP contribution >= 0.6 is 0 Å². The molecule has 0 bridgehead atoms. The second-order valence-corrected chi connectivity index (χ2v) is 5.60. The summed E-state index contributed by atoms with van der Waals surface area (Å²) in [6.45, 7) is 1.78. The van der Waals surface area contributed by atoms with E-state index in [1.807, 2.05) is 0 Å². The smallest absolute Gasteiger partial charge is 0.328 e. The molecule has 10 nitrogen and oxygen atoms in total. The first-order valence-corrected chi connectivity index (χ1v) is 7.29. The Bertz CT molecular complexity index is 1110. The van der Waals surface area contributed by atoms with Crippen LogP contribution in [0.4, 0.5) is 5.69 Å². The summed E-state index contributed by atoms with van der Waals surface area (Å²) in [5.74, 6) is -0.329. The summed E-state index contributed by atoms with van der Waals surface area (Å²) in [6.07, 6.45) is 0. The summed E-state index contributed by atoms with van der Waals surface area (Å²) in [7, 11) is 0. The van der Waals surface area contributed by atoms with Gasteiger partial charge in [-0.25, -0.2) is 4.79 Å². The predicted molar refractivity (Wildman–Crippen MR) is 85.1 cm³/mol. The van der Waals surface area contributed by atoms with Crippen LogP contribution < -0.4 is 16.0 Å². The van der Waals surface area contributed by atoms with Crippen molar-refractivity contribution in [2.24, 2.45) is 0 Å². The third-order valence-electron chi connectivity index (χ3n) is 4.12. The van der Waals surface area contributed by atoms with E-state index < -0.39 is 22.1 Å². The molecule has 1 unspecified atom stereocenters. The lowest BCUT2D eigenvalue weighted by atomic mass is 9.85. The van der Waals surface area contributed by atoms with Crippen molar-refractivity contribution < 1.29 is 9.66 Å². The van der Waals surface area contributed by atoms with Crippen molar-refractivity contribution in [2.45, 2.75) is 12.8 Å². The molecular formula is C15H11N5O5. The molecule has 25 heavy (non-hydrogen) atoms. The highest BCUT2D eigenvalue weighted by Gasteiger charge is 2.35. The zero-order chi connectivity index (χ0) is 17.7. The summed E-state index contributed by atoms with van der Waals surface area (Å²) >= 11 is 0. The molecule has 1 atom stereocenters. The summed E-state index contributed by atoms with van der Waals surface area (Å²) in [6, 6.07) is 5.86. The number of rotatable bonds is 2. The van der Waals surface area contributed by atoms with E-state index in [1.165, 1.54) is 12.1 Å². The lowest BCUT2D eigenvalue weighted by Gasteiger charge is -2.24. The van der Waals surface area contributed by atoms with E-state index in [1.54, 1.807) is 19.1 Å². The Morgan fingerprint density at radius 3 is 2.56 bits per heavy atom. The average Bonchev–Trinajstić information content (AvgIpc) is 2.93. The lowest BCUT2D eigenvalue weighted by Crippen LogP contribution is -2.30. The number of nitrogens with one attached hydrogen (secondary N) is 3. The summed E-state index contributed by atoms with van der Waals surface area (Å²) in [5, 5.41) is 17.7. The molecule has 3 N–H and O–H groups in total. The Labute approximate surface area is 138 Å². The van der Waals surface area contributed by atoms with Gasteiger partial charge in [0.25, 0.3) is 11.2 Å². The first kappa shape index (κ1) is 14.9. The molecule has 0 radical (unpaired) electrons. The fourth-order valence-corrected chi connectivity index (χ4v) is 3.01. The van der Waals surface area contributed by atoms with Gasteiger partial charge < -0.3 is 4.74 Å². The van der Waals surface area contributed by atoms with Gasteiger partial charge in [-0.3, -0.25) is 30.0 Å². The molecule has 1 aliphatic rings. The van der Waals surface area contributed by atoms with Crippen LogP contribution in [-0.4, -0.2) is 25.1 Å². The maximum Gasteiger partial charge on any atom is 0.328 e. The highest BCUT2D eigenvalue weighted by Crippen LogP contribution is 2.44. The highest BCUT2D eigenvalue weighted by atomic mass is 16.6. The normalized spacial score (nSPS) is 15.2. The maximum absolute atomic E-state index is 12.4. The number of nitrogens with zero attached hydrogens (tertiary/aromatic N) is 2. The number of aromatic nitrogens is 4. The van der Waals surface area contributed by atoms with Gasteiger partial charge in [-0.05, 0) is 12.5 Å². The summed E-state index contributed by atoms with van der Waals surface area (Å²) in [4.78, 5) is 38.9. The molecular weight excluding hydrogens is 330 g/mol. The number of hydrogen-bond donors (Lipinski definition) is 3. The average molecular weight is 341 g/mol. The monoisotopic (exact) mass is 341 g/mol. The lowest BCUT2D eigenvalue weighted by molar-refractivity contribution is -0.384. The van der Waals surface area contributed by atoms with Gasteiger partial charge in [0.15, 0.2) is 0 Å². The van der Waals surface area contributed by atoms with Crippen LogP contribution in [0.2, 0.25) is 0 Å². The van der Waals surface area contributed by atoms with Gasteiger partial charge in [-0.2, -0.15) is 0 Å². The van der Waals surface area contributed by atoms with Gasteiger partial charge in [0.1, 0.15) is 0 Å². The highest BCUT2D eigenvalue weighted by molar-refractivity contribution is 5.55. The molecule has 0 fully saturated rings. The Hall–Kier alpha value is -3.69. The fourth-order valence-electron chi connectivity index (χ4n) is 3.01. The molecule has 0 saturated carbocycles. The first-order valence-electron chi connectivity index (χ1n) is 7.29. The zero-order valence-electron chi connectivity index (χ0n) is 12.8. The van der Waals surface area contributed by atoms with Crippen LogP contribution in [0.3, 0.4) is 0 Å².